The van der Waals surface area contributed by atoms with Gasteiger partial charge < -0.3 is 5.32 Å². The van der Waals surface area contributed by atoms with Gasteiger partial charge in [0.15, 0.2) is 0 Å². The fraction of sp³-hybridized carbons (Fsp3) is 0.100. The van der Waals surface area contributed by atoms with E-state index in [1.165, 1.54) is 12.1 Å². The molecule has 0 aliphatic heterocycles. The van der Waals surface area contributed by atoms with E-state index in [2.05, 4.69) is 32.0 Å². The number of hydrogen-bond acceptors (Lipinski definition) is 1. The van der Waals surface area contributed by atoms with Gasteiger partial charge >= 0.3 is 0 Å². The van der Waals surface area contributed by atoms with Crippen LogP contribution in [0, 0.1) is 16.6 Å². The predicted molar refractivity (Wildman–Crippen MR) is 54.9 cm³/mol. The number of hydrogen-bond donors (Lipinski definition) is 1. The minimum Gasteiger partial charge on any atom is -0.341 e. The number of carbonyl (C=O) groups is 1. The normalized spacial score (nSPS) is 8.71. The van der Waals surface area contributed by atoms with Crippen LogP contribution in [0.1, 0.15) is 5.56 Å². The van der Waals surface area contributed by atoms with Gasteiger partial charge in [-0.1, -0.05) is 12.1 Å². The number of carbonyl (C=O) groups excluding carboxylic acids is 1. The van der Waals surface area contributed by atoms with E-state index in [0.29, 0.717) is 6.54 Å². The molecular weight excluding hydrogens is 249 g/mol. The highest BCUT2D eigenvalue weighted by Gasteiger charge is 1.96. The van der Waals surface area contributed by atoms with E-state index in [1.54, 1.807) is 12.1 Å². The summed E-state index contributed by atoms with van der Waals surface area (Å²) >= 11 is 2.81. The molecule has 0 aliphatic carbocycles. The molecule has 1 aromatic carbocycles. The van der Waals surface area contributed by atoms with Crippen molar-refractivity contribution in [1.29, 1.82) is 0 Å². The second-order valence-corrected chi connectivity index (χ2v) is 2.93. The van der Waals surface area contributed by atoms with Crippen LogP contribution in [0.4, 0.5) is 4.39 Å². The van der Waals surface area contributed by atoms with Crippen molar-refractivity contribution in [2.24, 2.45) is 0 Å². The van der Waals surface area contributed by atoms with Gasteiger partial charge in [0.05, 0.1) is 0 Å². The molecule has 0 radical (unpaired) electrons. The summed E-state index contributed by atoms with van der Waals surface area (Å²) in [6.45, 7) is 0.348. The lowest BCUT2D eigenvalue weighted by atomic mass is 10.2. The largest absolute Gasteiger partial charge is 0.341 e. The van der Waals surface area contributed by atoms with Gasteiger partial charge in [0, 0.05) is 28.4 Å². The Labute approximate surface area is 89.6 Å². The molecule has 4 heteroatoms. The molecule has 0 heterocycles. The van der Waals surface area contributed by atoms with Gasteiger partial charge in [-0.3, -0.25) is 4.79 Å². The third-order valence-electron chi connectivity index (χ3n) is 1.53. The summed E-state index contributed by atoms with van der Waals surface area (Å²) in [5, 5.41) is 2.55. The topological polar surface area (TPSA) is 29.1 Å². The Morgan fingerprint density at radius 2 is 2.07 bits per heavy atom. The molecule has 0 aliphatic rings. The number of rotatable bonds is 2. The molecular formula is C10H7BrFNO. The van der Waals surface area contributed by atoms with Crippen LogP contribution < -0.4 is 5.32 Å². The molecule has 0 fully saturated rings. The summed E-state index contributed by atoms with van der Waals surface area (Å²) in [6, 6.07) is 5.91. The van der Waals surface area contributed by atoms with Crippen LogP contribution in [-0.4, -0.2) is 5.91 Å². The van der Waals surface area contributed by atoms with Crippen molar-refractivity contribution >= 4 is 21.8 Å². The number of nitrogens with one attached hydrogen (secondary N) is 1. The minimum absolute atomic E-state index is 0.291. The molecule has 14 heavy (non-hydrogen) atoms. The van der Waals surface area contributed by atoms with E-state index >= 15 is 0 Å². The molecule has 0 bridgehead atoms. The van der Waals surface area contributed by atoms with Gasteiger partial charge in [0.2, 0.25) is 0 Å². The second kappa shape index (κ2) is 5.40. The zero-order valence-electron chi connectivity index (χ0n) is 7.18. The molecule has 1 aromatic rings. The average molecular weight is 256 g/mol. The highest BCUT2D eigenvalue weighted by atomic mass is 79.9. The van der Waals surface area contributed by atoms with E-state index in [0.717, 1.165) is 5.56 Å². The van der Waals surface area contributed by atoms with E-state index in [9.17, 15) is 9.18 Å². The van der Waals surface area contributed by atoms with Crippen molar-refractivity contribution in [3.05, 3.63) is 35.6 Å². The third kappa shape index (κ3) is 3.58. The standard InChI is InChI=1S/C10H7BrFNO/c11-6-5-10(14)13-7-8-1-3-9(12)4-2-8/h1-4H,7H2,(H,13,14). The maximum atomic E-state index is 12.5. The zero-order chi connectivity index (χ0) is 10.4. The Morgan fingerprint density at radius 3 is 2.64 bits per heavy atom. The van der Waals surface area contributed by atoms with Crippen molar-refractivity contribution in [2.45, 2.75) is 6.54 Å². The van der Waals surface area contributed by atoms with Crippen molar-refractivity contribution < 1.29 is 9.18 Å². The van der Waals surface area contributed by atoms with Crippen LogP contribution in [0.25, 0.3) is 0 Å². The van der Waals surface area contributed by atoms with Crippen LogP contribution in [0.5, 0.6) is 0 Å². The van der Waals surface area contributed by atoms with Crippen LogP contribution >= 0.6 is 15.9 Å². The van der Waals surface area contributed by atoms with Gasteiger partial charge in [-0.25, -0.2) is 4.39 Å². The molecule has 2 nitrogen and oxygen atoms in total. The van der Waals surface area contributed by atoms with Crippen LogP contribution in [0.3, 0.4) is 0 Å². The lowest BCUT2D eigenvalue weighted by molar-refractivity contribution is -0.115. The maximum Gasteiger partial charge on any atom is 0.297 e. The summed E-state index contributed by atoms with van der Waals surface area (Å²) in [5.41, 5.74) is 0.830. The zero-order valence-corrected chi connectivity index (χ0v) is 8.77. The summed E-state index contributed by atoms with van der Waals surface area (Å²) in [6.07, 6.45) is 0. The van der Waals surface area contributed by atoms with Crippen molar-refractivity contribution in [2.75, 3.05) is 0 Å². The highest BCUT2D eigenvalue weighted by molar-refractivity contribution is 9.12. The fourth-order valence-corrected chi connectivity index (χ4v) is 1.05. The smallest absolute Gasteiger partial charge is 0.297 e. The van der Waals surface area contributed by atoms with Gasteiger partial charge in [-0.2, -0.15) is 0 Å². The molecule has 1 amide bonds. The van der Waals surface area contributed by atoms with E-state index in [4.69, 9.17) is 0 Å². The van der Waals surface area contributed by atoms with Crippen LogP contribution in [-0.2, 0) is 11.3 Å². The maximum absolute atomic E-state index is 12.5. The molecule has 0 unspecified atom stereocenters. The predicted octanol–water partition coefficient (Wildman–Crippen LogP) is 1.80. The van der Waals surface area contributed by atoms with Crippen molar-refractivity contribution in [3.8, 4) is 10.8 Å². The van der Waals surface area contributed by atoms with E-state index in [-0.39, 0.29) is 11.7 Å². The average Bonchev–Trinajstić information content (AvgIpc) is 2.17. The molecule has 0 saturated heterocycles. The fourth-order valence-electron chi connectivity index (χ4n) is 0.872. The number of amides is 1. The quantitative estimate of drug-likeness (QED) is 0.803. The lowest BCUT2D eigenvalue weighted by Crippen LogP contribution is -2.20. The van der Waals surface area contributed by atoms with Gasteiger partial charge in [0.1, 0.15) is 5.82 Å². The van der Waals surface area contributed by atoms with Crippen molar-refractivity contribution in [3.63, 3.8) is 0 Å². The molecule has 1 rings (SSSR count). The summed E-state index contributed by atoms with van der Waals surface area (Å²) in [5.74, 6) is 1.61. The molecule has 72 valence electrons. The molecule has 1 N–H and O–H groups in total. The second-order valence-electron chi connectivity index (χ2n) is 2.53. The first kappa shape index (κ1) is 10.7. The number of halogens is 2. The monoisotopic (exact) mass is 255 g/mol. The SMILES string of the molecule is O=C(C#CBr)NCc1ccc(F)cc1. The van der Waals surface area contributed by atoms with Gasteiger partial charge in [-0.15, -0.1) is 0 Å². The first-order chi connectivity index (χ1) is 6.72. The van der Waals surface area contributed by atoms with Crippen LogP contribution in [0.2, 0.25) is 0 Å². The minimum atomic E-state index is -0.369. The summed E-state index contributed by atoms with van der Waals surface area (Å²) < 4.78 is 12.5. The third-order valence-corrected chi connectivity index (χ3v) is 1.73. The van der Waals surface area contributed by atoms with E-state index < -0.39 is 0 Å². The number of benzene rings is 1. The first-order valence-corrected chi connectivity index (χ1v) is 4.65. The van der Waals surface area contributed by atoms with E-state index in [1.807, 2.05) is 0 Å². The van der Waals surface area contributed by atoms with Gasteiger partial charge in [-0.05, 0) is 22.5 Å². The van der Waals surface area contributed by atoms with Crippen LogP contribution in [0.15, 0.2) is 24.3 Å². The van der Waals surface area contributed by atoms with Crippen molar-refractivity contribution in [1.82, 2.24) is 5.32 Å². The summed E-state index contributed by atoms with van der Waals surface area (Å²) in [4.78, 5) is 13.2. The van der Waals surface area contributed by atoms with Gasteiger partial charge in [0.25, 0.3) is 5.91 Å². The Morgan fingerprint density at radius 1 is 1.43 bits per heavy atom. The molecule has 0 atom stereocenters. The molecule has 0 aromatic heterocycles. The molecule has 0 saturated carbocycles. The lowest BCUT2D eigenvalue weighted by Gasteiger charge is -2.00. The first-order valence-electron chi connectivity index (χ1n) is 3.86. The summed E-state index contributed by atoms with van der Waals surface area (Å²) in [7, 11) is 0. The molecule has 0 spiro atoms. The Kier molecular flexibility index (Phi) is 4.14. The highest BCUT2D eigenvalue weighted by Crippen LogP contribution is 2.01. The Bertz CT molecular complexity index is 377. The Hall–Kier alpha value is -1.34. The Balaban J connectivity index is 2.48.